The number of aromatic hydroxyl groups is 1. The van der Waals surface area contributed by atoms with Gasteiger partial charge in [-0.3, -0.25) is 4.90 Å². The Morgan fingerprint density at radius 2 is 2.00 bits per heavy atom. The molecule has 16 heavy (non-hydrogen) atoms. The second kappa shape index (κ2) is 4.53. The van der Waals surface area contributed by atoms with Crippen molar-refractivity contribution in [1.29, 1.82) is 0 Å². The fraction of sp³-hybridized carbons (Fsp3) is 0.417. The summed E-state index contributed by atoms with van der Waals surface area (Å²) in [5, 5.41) is 18.2. The molecule has 4 nitrogen and oxygen atoms in total. The van der Waals surface area contributed by atoms with Crippen molar-refractivity contribution in [3.05, 3.63) is 29.3 Å². The fourth-order valence-corrected chi connectivity index (χ4v) is 2.05. The van der Waals surface area contributed by atoms with Gasteiger partial charge in [0, 0.05) is 6.54 Å². The van der Waals surface area contributed by atoms with Crippen LogP contribution < -0.4 is 0 Å². The molecule has 1 heterocycles. The Kier molecular flexibility index (Phi) is 3.10. The molecule has 0 atom stereocenters. The average molecular weight is 221 g/mol. The molecule has 86 valence electrons. The summed E-state index contributed by atoms with van der Waals surface area (Å²) >= 11 is 0. The highest BCUT2D eigenvalue weighted by Crippen LogP contribution is 2.20. The second-order valence-electron chi connectivity index (χ2n) is 4.14. The summed E-state index contributed by atoms with van der Waals surface area (Å²) < 4.78 is 0. The lowest BCUT2D eigenvalue weighted by molar-refractivity contribution is 0.0693. The summed E-state index contributed by atoms with van der Waals surface area (Å²) in [5.41, 5.74) is 0.925. The number of likely N-dealkylation sites (tertiary alicyclic amines) is 1. The van der Waals surface area contributed by atoms with Crippen LogP contribution >= 0.6 is 0 Å². The summed E-state index contributed by atoms with van der Waals surface area (Å²) in [7, 11) is 0. The summed E-state index contributed by atoms with van der Waals surface area (Å²) in [6, 6.07) is 4.78. The average Bonchev–Trinajstić information content (AvgIpc) is 2.73. The van der Waals surface area contributed by atoms with Crippen molar-refractivity contribution in [3.8, 4) is 5.75 Å². The van der Waals surface area contributed by atoms with Crippen molar-refractivity contribution in [2.24, 2.45) is 0 Å². The van der Waals surface area contributed by atoms with Crippen LogP contribution in [0.4, 0.5) is 0 Å². The van der Waals surface area contributed by atoms with Gasteiger partial charge in [0.25, 0.3) is 0 Å². The second-order valence-corrected chi connectivity index (χ2v) is 4.14. The molecule has 0 bridgehead atoms. The first-order valence-corrected chi connectivity index (χ1v) is 5.44. The third-order valence-corrected chi connectivity index (χ3v) is 2.90. The molecule has 0 spiro atoms. The molecular weight excluding hydrogens is 206 g/mol. The molecule has 1 aliphatic heterocycles. The summed E-state index contributed by atoms with van der Waals surface area (Å²) in [5.74, 6) is -1.25. The van der Waals surface area contributed by atoms with E-state index in [0.717, 1.165) is 25.2 Å². The molecule has 0 radical (unpaired) electrons. The number of nitrogens with zero attached hydrogens (tertiary/aromatic N) is 1. The van der Waals surface area contributed by atoms with Crippen molar-refractivity contribution in [3.63, 3.8) is 0 Å². The van der Waals surface area contributed by atoms with Gasteiger partial charge in [-0.1, -0.05) is 6.07 Å². The smallest absolute Gasteiger partial charge is 0.339 e. The van der Waals surface area contributed by atoms with Gasteiger partial charge in [0.15, 0.2) is 0 Å². The van der Waals surface area contributed by atoms with Crippen molar-refractivity contribution < 1.29 is 15.0 Å². The summed E-state index contributed by atoms with van der Waals surface area (Å²) in [6.07, 6.45) is 2.42. The van der Waals surface area contributed by atoms with Crippen LogP contribution in [0, 0.1) is 0 Å². The molecule has 1 aromatic rings. The van der Waals surface area contributed by atoms with E-state index in [1.54, 1.807) is 12.1 Å². The van der Waals surface area contributed by atoms with Gasteiger partial charge >= 0.3 is 5.97 Å². The maximum atomic E-state index is 10.8. The van der Waals surface area contributed by atoms with E-state index in [2.05, 4.69) is 4.90 Å². The Bertz CT molecular complexity index is 397. The predicted molar refractivity (Wildman–Crippen MR) is 59.6 cm³/mol. The molecule has 2 rings (SSSR count). The monoisotopic (exact) mass is 221 g/mol. The zero-order chi connectivity index (χ0) is 11.5. The molecule has 0 amide bonds. The number of rotatable bonds is 3. The molecule has 2 N–H and O–H groups in total. The lowest BCUT2D eigenvalue weighted by Gasteiger charge is -2.14. The Labute approximate surface area is 94.1 Å². The molecule has 1 aromatic carbocycles. The number of hydrogen-bond acceptors (Lipinski definition) is 3. The first-order valence-electron chi connectivity index (χ1n) is 5.44. The molecule has 0 aliphatic carbocycles. The maximum Gasteiger partial charge on any atom is 0.339 e. The van der Waals surface area contributed by atoms with Crippen LogP contribution in [0.25, 0.3) is 0 Å². The molecular formula is C12H15NO3. The van der Waals surface area contributed by atoms with Crippen molar-refractivity contribution in [2.45, 2.75) is 19.4 Å². The molecule has 0 saturated carbocycles. The van der Waals surface area contributed by atoms with E-state index in [1.807, 2.05) is 0 Å². The topological polar surface area (TPSA) is 60.8 Å². The van der Waals surface area contributed by atoms with Gasteiger partial charge in [0.1, 0.15) is 11.3 Å². The minimum Gasteiger partial charge on any atom is -0.507 e. The summed E-state index contributed by atoms with van der Waals surface area (Å²) in [6.45, 7) is 2.91. The van der Waals surface area contributed by atoms with E-state index in [0.29, 0.717) is 0 Å². The standard InChI is InChI=1S/C12H15NO3/c14-11-4-3-9(7-10(11)12(15)16)8-13-5-1-2-6-13/h3-4,7,14H,1-2,5-6,8H2,(H,15,16). The van der Waals surface area contributed by atoms with E-state index in [4.69, 9.17) is 5.11 Å². The zero-order valence-corrected chi connectivity index (χ0v) is 9.02. The third kappa shape index (κ3) is 2.33. The quantitative estimate of drug-likeness (QED) is 0.815. The maximum absolute atomic E-state index is 10.8. The molecule has 0 aromatic heterocycles. The van der Waals surface area contributed by atoms with Gasteiger partial charge < -0.3 is 10.2 Å². The minimum absolute atomic E-state index is 0.0169. The number of carboxylic acid groups (broad SMARTS) is 1. The van der Waals surface area contributed by atoms with E-state index in [1.165, 1.54) is 18.9 Å². The lowest BCUT2D eigenvalue weighted by Crippen LogP contribution is -2.18. The van der Waals surface area contributed by atoms with E-state index in [9.17, 15) is 9.90 Å². The first kappa shape index (κ1) is 11.0. The van der Waals surface area contributed by atoms with Crippen molar-refractivity contribution in [1.82, 2.24) is 4.90 Å². The minimum atomic E-state index is -1.08. The largest absolute Gasteiger partial charge is 0.507 e. The highest BCUT2D eigenvalue weighted by atomic mass is 16.4. The molecule has 1 saturated heterocycles. The van der Waals surface area contributed by atoms with Crippen LogP contribution in [0.3, 0.4) is 0 Å². The van der Waals surface area contributed by atoms with Crippen LogP contribution in [0.2, 0.25) is 0 Å². The van der Waals surface area contributed by atoms with Gasteiger partial charge in [0.2, 0.25) is 0 Å². The Balaban J connectivity index is 2.15. The van der Waals surface area contributed by atoms with Crippen molar-refractivity contribution >= 4 is 5.97 Å². The highest BCUT2D eigenvalue weighted by Gasteiger charge is 2.14. The summed E-state index contributed by atoms with van der Waals surface area (Å²) in [4.78, 5) is 13.1. The molecule has 0 unspecified atom stereocenters. The number of carbonyl (C=O) groups is 1. The predicted octanol–water partition coefficient (Wildman–Crippen LogP) is 1.69. The zero-order valence-electron chi connectivity index (χ0n) is 9.02. The lowest BCUT2D eigenvalue weighted by atomic mass is 10.1. The Morgan fingerprint density at radius 3 is 2.62 bits per heavy atom. The first-order chi connectivity index (χ1) is 7.66. The van der Waals surface area contributed by atoms with Crippen LogP contribution in [0.15, 0.2) is 18.2 Å². The number of aromatic carboxylic acids is 1. The van der Waals surface area contributed by atoms with Crippen molar-refractivity contribution in [2.75, 3.05) is 13.1 Å². The van der Waals surface area contributed by atoms with E-state index >= 15 is 0 Å². The van der Waals surface area contributed by atoms with E-state index < -0.39 is 5.97 Å². The SMILES string of the molecule is O=C(O)c1cc(CN2CCCC2)ccc1O. The molecule has 1 fully saturated rings. The number of phenols is 1. The number of carboxylic acids is 1. The number of hydrogen-bond donors (Lipinski definition) is 2. The number of benzene rings is 1. The van der Waals surface area contributed by atoms with Gasteiger partial charge in [-0.25, -0.2) is 4.79 Å². The normalized spacial score (nSPS) is 16.5. The van der Waals surface area contributed by atoms with Crippen LogP contribution in [0.5, 0.6) is 5.75 Å². The van der Waals surface area contributed by atoms with Gasteiger partial charge in [0.05, 0.1) is 0 Å². The third-order valence-electron chi connectivity index (χ3n) is 2.90. The van der Waals surface area contributed by atoms with Crippen LogP contribution in [-0.2, 0) is 6.54 Å². The van der Waals surface area contributed by atoms with E-state index in [-0.39, 0.29) is 11.3 Å². The highest BCUT2D eigenvalue weighted by molar-refractivity contribution is 5.90. The molecule has 4 heteroatoms. The van der Waals surface area contributed by atoms with Gasteiger partial charge in [-0.15, -0.1) is 0 Å². The Morgan fingerprint density at radius 1 is 1.31 bits per heavy atom. The van der Waals surface area contributed by atoms with Crippen LogP contribution in [-0.4, -0.2) is 34.2 Å². The molecule has 1 aliphatic rings. The van der Waals surface area contributed by atoms with Gasteiger partial charge in [-0.2, -0.15) is 0 Å². The fourth-order valence-electron chi connectivity index (χ4n) is 2.05. The Hall–Kier alpha value is -1.55. The van der Waals surface area contributed by atoms with Crippen LogP contribution in [0.1, 0.15) is 28.8 Å². The van der Waals surface area contributed by atoms with Gasteiger partial charge in [-0.05, 0) is 43.6 Å².